The highest BCUT2D eigenvalue weighted by molar-refractivity contribution is 9.13. The molecular formula is C33H22Br2Cl2FN3O8. The van der Waals surface area contributed by atoms with Gasteiger partial charge >= 0.3 is 0 Å². The van der Waals surface area contributed by atoms with E-state index in [2.05, 4.69) is 31.9 Å². The normalized spacial score (nSPS) is 29.1. The third-order valence-corrected chi connectivity index (χ3v) is 13.5. The lowest BCUT2D eigenvalue weighted by Crippen LogP contribution is -2.60. The van der Waals surface area contributed by atoms with Gasteiger partial charge in [-0.25, -0.2) is 9.29 Å². The van der Waals surface area contributed by atoms with Crippen molar-refractivity contribution in [1.82, 2.24) is 0 Å². The summed E-state index contributed by atoms with van der Waals surface area (Å²) in [7, 11) is 1.33. The highest BCUT2D eigenvalue weighted by Gasteiger charge is 2.77. The van der Waals surface area contributed by atoms with Crippen LogP contribution in [-0.2, 0) is 19.2 Å². The summed E-state index contributed by atoms with van der Waals surface area (Å²) in [6, 6.07) is 11.1. The lowest BCUT2D eigenvalue weighted by molar-refractivity contribution is -0.384. The van der Waals surface area contributed by atoms with Crippen molar-refractivity contribution in [3.63, 3.8) is 0 Å². The molecule has 4 aliphatic rings. The Bertz CT molecular complexity index is 2050. The summed E-state index contributed by atoms with van der Waals surface area (Å²) < 4.78 is 19.7. The van der Waals surface area contributed by atoms with Crippen molar-refractivity contribution in [3.8, 4) is 11.5 Å². The molecule has 2 saturated heterocycles. The minimum atomic E-state index is -2.22. The minimum absolute atomic E-state index is 0.00514. The van der Waals surface area contributed by atoms with Crippen LogP contribution in [0.1, 0.15) is 24.3 Å². The number of nitro groups is 1. The van der Waals surface area contributed by atoms with E-state index in [1.165, 1.54) is 49.6 Å². The van der Waals surface area contributed by atoms with Gasteiger partial charge in [0.2, 0.25) is 11.8 Å². The van der Waals surface area contributed by atoms with E-state index >= 15 is 0 Å². The number of nitro benzene ring substituents is 1. The fourth-order valence-electron chi connectivity index (χ4n) is 7.70. The number of carbonyl (C=O) groups is 4. The minimum Gasteiger partial charge on any atom is -0.503 e. The van der Waals surface area contributed by atoms with E-state index in [1.54, 1.807) is 6.08 Å². The summed E-state index contributed by atoms with van der Waals surface area (Å²) >= 11 is 21.7. The molecule has 1 saturated carbocycles. The Labute approximate surface area is 304 Å². The number of benzene rings is 3. The fraction of sp³-hybridized carbons (Fsp3) is 0.273. The lowest BCUT2D eigenvalue weighted by atomic mass is 9.56. The SMILES string of the molecule is COc1cc(C2C3=CCC4C(=O)N(c5ccc([N+](=O)[O-])cc5)C(=O)C4C3CC3(Cl)C(=O)N(c4ccc(F)cc4)C(=O)C23Cl)c(Br)c(Br)c1O. The first kappa shape index (κ1) is 33.6. The number of rotatable bonds is 5. The maximum atomic E-state index is 14.6. The second-order valence-electron chi connectivity index (χ2n) is 12.2. The van der Waals surface area contributed by atoms with Crippen LogP contribution in [0.25, 0.3) is 0 Å². The first-order chi connectivity index (χ1) is 23.2. The molecule has 16 heteroatoms. The number of nitrogens with zero attached hydrogens (tertiary/aromatic N) is 3. The molecule has 0 radical (unpaired) electrons. The zero-order valence-electron chi connectivity index (χ0n) is 25.0. The lowest BCUT2D eigenvalue weighted by Gasteiger charge is -2.51. The predicted octanol–water partition coefficient (Wildman–Crippen LogP) is 6.74. The van der Waals surface area contributed by atoms with Gasteiger partial charge in [0.1, 0.15) is 5.82 Å². The average Bonchev–Trinajstić information content (AvgIpc) is 3.42. The fourth-order valence-corrected chi connectivity index (χ4v) is 9.58. The standard InChI is InChI=1S/C33H22Br2Cl2FN3O8/c1-49-22-12-20(25(34)26(35)27(22)42)24-18-10-11-19-23(29(44)39(28(19)43)15-6-8-17(9-7-15)41(47)48)21(18)13-32(36)30(45)40(31(46)33(24,32)37)16-4-2-14(38)3-5-16/h2-10,12,19,21,23-24,42H,11,13H2,1H3. The monoisotopic (exact) mass is 835 g/mol. The Kier molecular flexibility index (Phi) is 7.97. The van der Waals surface area contributed by atoms with Crippen LogP contribution >= 0.6 is 55.1 Å². The number of imide groups is 2. The molecule has 2 heterocycles. The number of amides is 4. The smallest absolute Gasteiger partial charge is 0.269 e. The van der Waals surface area contributed by atoms with Crippen LogP contribution in [0.4, 0.5) is 21.5 Å². The van der Waals surface area contributed by atoms with Gasteiger partial charge < -0.3 is 9.84 Å². The molecule has 3 aromatic rings. The predicted molar refractivity (Wildman–Crippen MR) is 182 cm³/mol. The molecule has 7 rings (SSSR count). The summed E-state index contributed by atoms with van der Waals surface area (Å²) in [5, 5.41) is 22.0. The van der Waals surface area contributed by atoms with Crippen LogP contribution < -0.4 is 14.5 Å². The van der Waals surface area contributed by atoms with E-state index in [-0.39, 0.29) is 50.3 Å². The van der Waals surface area contributed by atoms with Gasteiger partial charge in [-0.1, -0.05) is 11.6 Å². The number of carbonyl (C=O) groups excluding carboxylic acids is 4. The second kappa shape index (κ2) is 11.6. The third-order valence-electron chi connectivity index (χ3n) is 9.92. The van der Waals surface area contributed by atoms with Crippen molar-refractivity contribution in [1.29, 1.82) is 0 Å². The van der Waals surface area contributed by atoms with Gasteiger partial charge in [0.05, 0.1) is 39.7 Å². The van der Waals surface area contributed by atoms with Gasteiger partial charge in [-0.3, -0.25) is 34.2 Å². The van der Waals surface area contributed by atoms with Crippen LogP contribution in [0.3, 0.4) is 0 Å². The first-order valence-electron chi connectivity index (χ1n) is 14.8. The molecule has 3 fully saturated rings. The van der Waals surface area contributed by atoms with Crippen molar-refractivity contribution in [3.05, 3.63) is 96.7 Å². The largest absolute Gasteiger partial charge is 0.503 e. The van der Waals surface area contributed by atoms with Crippen molar-refractivity contribution >= 4 is 95.8 Å². The molecule has 252 valence electrons. The zero-order valence-corrected chi connectivity index (χ0v) is 29.7. The molecule has 4 amide bonds. The number of aromatic hydroxyl groups is 1. The number of allylic oxidation sites excluding steroid dienone is 2. The van der Waals surface area contributed by atoms with Gasteiger partial charge in [-0.2, -0.15) is 0 Å². The van der Waals surface area contributed by atoms with Crippen LogP contribution in [0.15, 0.2) is 75.2 Å². The van der Waals surface area contributed by atoms with Crippen LogP contribution in [-0.4, -0.2) is 50.5 Å². The van der Waals surface area contributed by atoms with Gasteiger partial charge in [0.25, 0.3) is 17.5 Å². The average molecular weight is 838 g/mol. The van der Waals surface area contributed by atoms with Crippen molar-refractivity contribution in [2.45, 2.75) is 28.5 Å². The Morgan fingerprint density at radius 3 is 2.16 bits per heavy atom. The summed E-state index contributed by atoms with van der Waals surface area (Å²) in [5.41, 5.74) is 0.710. The quantitative estimate of drug-likeness (QED) is 0.0978. The Hall–Kier alpha value is -3.85. The zero-order chi connectivity index (χ0) is 35.3. The summed E-state index contributed by atoms with van der Waals surface area (Å²) in [6.45, 7) is 0. The van der Waals surface area contributed by atoms with Crippen molar-refractivity contribution < 1.29 is 38.3 Å². The molecule has 2 aliphatic heterocycles. The maximum Gasteiger partial charge on any atom is 0.269 e. The van der Waals surface area contributed by atoms with E-state index in [0.717, 1.165) is 21.9 Å². The number of hydrogen-bond donors (Lipinski definition) is 1. The molecule has 0 aromatic heterocycles. The molecular weight excluding hydrogens is 816 g/mol. The van der Waals surface area contributed by atoms with Gasteiger partial charge in [0, 0.05) is 22.5 Å². The van der Waals surface area contributed by atoms with Crippen molar-refractivity contribution in [2.24, 2.45) is 17.8 Å². The number of phenols is 1. The third kappa shape index (κ3) is 4.56. The Morgan fingerprint density at radius 2 is 1.55 bits per heavy atom. The topological polar surface area (TPSA) is 147 Å². The molecule has 1 N–H and O–H groups in total. The molecule has 0 bridgehead atoms. The number of ether oxygens (including phenoxy) is 1. The van der Waals surface area contributed by atoms with Gasteiger partial charge in [-0.15, -0.1) is 23.2 Å². The molecule has 0 spiro atoms. The number of halogens is 5. The van der Waals surface area contributed by atoms with E-state index in [1.807, 2.05) is 0 Å². The summed E-state index contributed by atoms with van der Waals surface area (Å²) in [6.07, 6.45) is 1.49. The van der Waals surface area contributed by atoms with Gasteiger partial charge in [0.15, 0.2) is 21.2 Å². The molecule has 6 unspecified atom stereocenters. The van der Waals surface area contributed by atoms with E-state index in [0.29, 0.717) is 11.1 Å². The number of fused-ring (bicyclic) bond motifs is 4. The molecule has 2 aliphatic carbocycles. The van der Waals surface area contributed by atoms with Crippen molar-refractivity contribution in [2.75, 3.05) is 16.9 Å². The molecule has 49 heavy (non-hydrogen) atoms. The Balaban J connectivity index is 1.42. The molecule has 6 atom stereocenters. The Morgan fingerprint density at radius 1 is 0.939 bits per heavy atom. The molecule has 3 aromatic carbocycles. The summed E-state index contributed by atoms with van der Waals surface area (Å²) in [4.78, 5) is 65.1. The maximum absolute atomic E-state index is 14.6. The number of non-ortho nitro benzene ring substituents is 1. The van der Waals surface area contributed by atoms with E-state index < -0.39 is 67.8 Å². The van der Waals surface area contributed by atoms with Crippen LogP contribution in [0.2, 0.25) is 0 Å². The number of hydrogen-bond acceptors (Lipinski definition) is 8. The number of phenolic OH excluding ortho intramolecular Hbond substituents is 1. The van der Waals surface area contributed by atoms with Gasteiger partial charge in [-0.05, 0) is 98.6 Å². The van der Waals surface area contributed by atoms with Crippen LogP contribution in [0, 0.1) is 33.7 Å². The van der Waals surface area contributed by atoms with E-state index in [9.17, 15) is 38.8 Å². The number of methoxy groups -OCH3 is 1. The second-order valence-corrected chi connectivity index (χ2v) is 15.0. The highest BCUT2D eigenvalue weighted by atomic mass is 79.9. The number of alkyl halides is 2. The number of anilines is 2. The first-order valence-corrected chi connectivity index (χ1v) is 17.1. The van der Waals surface area contributed by atoms with Crippen LogP contribution in [0.5, 0.6) is 11.5 Å². The van der Waals surface area contributed by atoms with E-state index in [4.69, 9.17) is 27.9 Å². The molecule has 11 nitrogen and oxygen atoms in total. The highest BCUT2D eigenvalue weighted by Crippen LogP contribution is 2.67. The summed E-state index contributed by atoms with van der Waals surface area (Å²) in [5.74, 6) is -7.78.